The molecule has 0 spiro atoms. The zero-order valence-electron chi connectivity index (χ0n) is 19.1. The van der Waals surface area contributed by atoms with E-state index in [1.165, 1.54) is 12.5 Å². The molecule has 2 unspecified atom stereocenters. The third kappa shape index (κ3) is 5.97. The van der Waals surface area contributed by atoms with Crippen LogP contribution in [0.1, 0.15) is 41.7 Å². The Morgan fingerprint density at radius 2 is 1.79 bits per heavy atom. The van der Waals surface area contributed by atoms with Crippen molar-refractivity contribution in [2.45, 2.75) is 56.7 Å². The van der Waals surface area contributed by atoms with E-state index in [1.807, 2.05) is 6.07 Å². The van der Waals surface area contributed by atoms with Crippen LogP contribution in [0.2, 0.25) is 5.02 Å². The number of carbonyl (C=O) groups is 1. The Balaban J connectivity index is 1.48. The van der Waals surface area contributed by atoms with Gasteiger partial charge < -0.3 is 29.5 Å². The first-order chi connectivity index (χ1) is 16.3. The first kappa shape index (κ1) is 25.1. The molecule has 0 saturated carbocycles. The molecule has 2 aromatic rings. The van der Waals surface area contributed by atoms with Gasteiger partial charge in [-0.15, -0.1) is 0 Å². The quantitative estimate of drug-likeness (QED) is 0.512. The van der Waals surface area contributed by atoms with Crippen molar-refractivity contribution >= 4 is 17.6 Å². The molecule has 2 saturated heterocycles. The highest BCUT2D eigenvalue weighted by atomic mass is 35.5. The maximum Gasteiger partial charge on any atom is 0.302 e. The summed E-state index contributed by atoms with van der Waals surface area (Å²) in [5, 5.41) is 31.7. The fourth-order valence-corrected chi connectivity index (χ4v) is 4.75. The second kappa shape index (κ2) is 11.2. The van der Waals surface area contributed by atoms with E-state index in [-0.39, 0.29) is 6.61 Å². The van der Waals surface area contributed by atoms with Gasteiger partial charge in [-0.25, -0.2) is 0 Å². The first-order valence-corrected chi connectivity index (χ1v) is 12.0. The lowest BCUT2D eigenvalue weighted by Crippen LogP contribution is -2.55. The molecule has 6 atom stereocenters. The molecule has 2 aliphatic heterocycles. The molecule has 0 aliphatic carbocycles. The fraction of sp³-hybridized carbons (Fsp3) is 0.500. The number of carbonyl (C=O) groups excluding carboxylic acids is 1. The maximum absolute atomic E-state index is 11.2. The van der Waals surface area contributed by atoms with E-state index >= 15 is 0 Å². The van der Waals surface area contributed by atoms with Crippen molar-refractivity contribution < 1.29 is 34.3 Å². The summed E-state index contributed by atoms with van der Waals surface area (Å²) in [6.45, 7) is 2.69. The summed E-state index contributed by atoms with van der Waals surface area (Å²) < 4.78 is 16.3. The molecule has 2 heterocycles. The number of benzene rings is 2. The van der Waals surface area contributed by atoms with Crippen molar-refractivity contribution in [2.75, 3.05) is 19.8 Å². The number of aliphatic hydroxyl groups is 3. The van der Waals surface area contributed by atoms with Gasteiger partial charge in [-0.1, -0.05) is 48.0 Å². The topological polar surface area (TPSA) is 105 Å². The van der Waals surface area contributed by atoms with Crippen LogP contribution in [0.5, 0.6) is 0 Å². The van der Waals surface area contributed by atoms with Crippen LogP contribution in [-0.4, -0.2) is 65.5 Å². The first-order valence-electron chi connectivity index (χ1n) is 11.6. The fourth-order valence-electron chi connectivity index (χ4n) is 4.56. The largest absolute Gasteiger partial charge is 0.463 e. The summed E-state index contributed by atoms with van der Waals surface area (Å²) in [4.78, 5) is 11.2. The molecule has 3 N–H and O–H groups in total. The van der Waals surface area contributed by atoms with Crippen LogP contribution in [-0.2, 0) is 31.8 Å². The summed E-state index contributed by atoms with van der Waals surface area (Å²) in [7, 11) is 0. The monoisotopic (exact) mass is 490 g/mol. The SMILES string of the molecule is CC(=O)OC[C@H]1OC(c2ccc(Cl)c(Cc3ccc(CC4CCOC4)cc3)c2)[C@H](O)[C@@H](O)[C@@H]1O. The minimum Gasteiger partial charge on any atom is -0.463 e. The standard InChI is InChI=1S/C26H31ClO7/c1-15(28)33-14-22-23(29)24(30)25(31)26(34-22)19-6-7-21(27)20(12-19)11-17-4-2-16(3-5-17)10-18-8-9-32-13-18/h2-7,12,18,22-26,29-31H,8-11,13-14H2,1H3/t18?,22-,23-,24+,25-,26?/m1/s1. The lowest BCUT2D eigenvalue weighted by molar-refractivity contribution is -0.234. The maximum atomic E-state index is 11.2. The van der Waals surface area contributed by atoms with Gasteiger partial charge in [-0.05, 0) is 53.5 Å². The van der Waals surface area contributed by atoms with Gasteiger partial charge >= 0.3 is 5.97 Å². The van der Waals surface area contributed by atoms with E-state index in [1.54, 1.807) is 12.1 Å². The molecule has 0 aromatic heterocycles. The zero-order valence-corrected chi connectivity index (χ0v) is 19.9. The third-order valence-corrected chi connectivity index (χ3v) is 6.90. The van der Waals surface area contributed by atoms with Gasteiger partial charge in [0, 0.05) is 25.2 Å². The number of aliphatic hydroxyl groups excluding tert-OH is 3. The highest BCUT2D eigenvalue weighted by Gasteiger charge is 2.44. The molecule has 34 heavy (non-hydrogen) atoms. The molecule has 7 nitrogen and oxygen atoms in total. The molecule has 8 heteroatoms. The van der Waals surface area contributed by atoms with E-state index in [0.29, 0.717) is 22.9 Å². The smallest absolute Gasteiger partial charge is 0.302 e. The molecule has 184 valence electrons. The summed E-state index contributed by atoms with van der Waals surface area (Å²) >= 11 is 6.47. The van der Waals surface area contributed by atoms with Crippen LogP contribution < -0.4 is 0 Å². The Morgan fingerprint density at radius 3 is 2.47 bits per heavy atom. The summed E-state index contributed by atoms with van der Waals surface area (Å²) in [5.41, 5.74) is 3.84. The minimum absolute atomic E-state index is 0.226. The molecule has 2 aliphatic rings. The predicted octanol–water partition coefficient (Wildman–Crippen LogP) is 2.60. The van der Waals surface area contributed by atoms with Crippen molar-refractivity contribution in [1.29, 1.82) is 0 Å². The van der Waals surface area contributed by atoms with Gasteiger partial charge in [-0.2, -0.15) is 0 Å². The van der Waals surface area contributed by atoms with Crippen molar-refractivity contribution in [1.82, 2.24) is 0 Å². The summed E-state index contributed by atoms with van der Waals surface area (Å²) in [6.07, 6.45) is -3.36. The average molecular weight is 491 g/mol. The number of esters is 1. The summed E-state index contributed by atoms with van der Waals surface area (Å²) in [6, 6.07) is 13.8. The second-order valence-corrected chi connectivity index (χ2v) is 9.55. The zero-order chi connectivity index (χ0) is 24.2. The average Bonchev–Trinajstić information content (AvgIpc) is 3.33. The van der Waals surface area contributed by atoms with Crippen molar-refractivity contribution in [2.24, 2.45) is 5.92 Å². The molecular formula is C26H31ClO7. The van der Waals surface area contributed by atoms with Crippen LogP contribution in [0.3, 0.4) is 0 Å². The van der Waals surface area contributed by atoms with Crippen LogP contribution in [0.15, 0.2) is 42.5 Å². The molecule has 0 bridgehead atoms. The predicted molar refractivity (Wildman–Crippen MR) is 126 cm³/mol. The number of rotatable bonds is 7. The van der Waals surface area contributed by atoms with Crippen molar-refractivity contribution in [3.05, 3.63) is 69.7 Å². The number of hydrogen-bond donors (Lipinski definition) is 3. The lowest BCUT2D eigenvalue weighted by Gasteiger charge is -2.40. The van der Waals surface area contributed by atoms with E-state index in [0.717, 1.165) is 37.2 Å². The van der Waals surface area contributed by atoms with Crippen LogP contribution >= 0.6 is 11.6 Å². The second-order valence-electron chi connectivity index (χ2n) is 9.15. The van der Waals surface area contributed by atoms with Crippen molar-refractivity contribution in [3.63, 3.8) is 0 Å². The van der Waals surface area contributed by atoms with Gasteiger partial charge in [0.1, 0.15) is 37.1 Å². The van der Waals surface area contributed by atoms with Gasteiger partial charge in [0.05, 0.1) is 0 Å². The Kier molecular flexibility index (Phi) is 8.24. The van der Waals surface area contributed by atoms with Gasteiger partial charge in [-0.3, -0.25) is 4.79 Å². The van der Waals surface area contributed by atoms with E-state index in [9.17, 15) is 20.1 Å². The van der Waals surface area contributed by atoms with E-state index < -0.39 is 36.5 Å². The lowest BCUT2D eigenvalue weighted by atomic mass is 9.90. The number of halogens is 1. The minimum atomic E-state index is -1.45. The number of hydrogen-bond acceptors (Lipinski definition) is 7. The summed E-state index contributed by atoms with van der Waals surface area (Å²) in [5.74, 6) is 0.0572. The van der Waals surface area contributed by atoms with Gasteiger partial charge in [0.15, 0.2) is 0 Å². The van der Waals surface area contributed by atoms with Crippen LogP contribution in [0.4, 0.5) is 0 Å². The molecule has 0 amide bonds. The normalized spacial score (nSPS) is 29.2. The third-order valence-electron chi connectivity index (χ3n) is 6.53. The van der Waals surface area contributed by atoms with Crippen molar-refractivity contribution in [3.8, 4) is 0 Å². The van der Waals surface area contributed by atoms with Gasteiger partial charge in [0.2, 0.25) is 0 Å². The molecule has 2 fully saturated rings. The number of ether oxygens (including phenoxy) is 3. The Labute approximate surface area is 204 Å². The highest BCUT2D eigenvalue weighted by Crippen LogP contribution is 2.34. The molecule has 4 rings (SSSR count). The molecule has 0 radical (unpaired) electrons. The molecular weight excluding hydrogens is 460 g/mol. The Morgan fingerprint density at radius 1 is 1.06 bits per heavy atom. The Hall–Kier alpha value is -2.00. The Bertz CT molecular complexity index is 974. The van der Waals surface area contributed by atoms with Crippen LogP contribution in [0.25, 0.3) is 0 Å². The van der Waals surface area contributed by atoms with E-state index in [4.69, 9.17) is 25.8 Å². The van der Waals surface area contributed by atoms with Gasteiger partial charge in [0.25, 0.3) is 0 Å². The van der Waals surface area contributed by atoms with E-state index in [2.05, 4.69) is 24.3 Å². The highest BCUT2D eigenvalue weighted by molar-refractivity contribution is 6.31. The molecule has 2 aromatic carbocycles. The van der Waals surface area contributed by atoms with Crippen LogP contribution in [0, 0.1) is 5.92 Å².